The maximum Gasteiger partial charge on any atom is 0.190 e. The fraction of sp³-hybridized carbons (Fsp3) is 0.588. The van der Waals surface area contributed by atoms with Crippen LogP contribution in [0.15, 0.2) is 29.3 Å². The standard InChI is InChI=1S/C17H29N3O3/c1-18-17(19-10-4-12-23-14-13-21-2)20-11-9-15-5-7-16(22-3)8-6-15/h5-8H,4,9-14H2,1-3H3,(H2,18,19,20). The molecule has 0 aliphatic heterocycles. The summed E-state index contributed by atoms with van der Waals surface area (Å²) in [6.45, 7) is 3.66. The van der Waals surface area contributed by atoms with Gasteiger partial charge in [0.15, 0.2) is 5.96 Å². The number of methoxy groups -OCH3 is 2. The van der Waals surface area contributed by atoms with Gasteiger partial charge in [0.2, 0.25) is 0 Å². The number of guanidine groups is 1. The smallest absolute Gasteiger partial charge is 0.190 e. The Hall–Kier alpha value is -1.79. The van der Waals surface area contributed by atoms with Gasteiger partial charge in [0, 0.05) is 33.9 Å². The van der Waals surface area contributed by atoms with Crippen LogP contribution in [0.1, 0.15) is 12.0 Å². The molecule has 0 spiro atoms. The maximum atomic E-state index is 5.41. The number of benzene rings is 1. The minimum atomic E-state index is 0.641. The highest BCUT2D eigenvalue weighted by Gasteiger charge is 1.98. The first-order valence-corrected chi connectivity index (χ1v) is 7.94. The van der Waals surface area contributed by atoms with Crippen molar-refractivity contribution in [2.24, 2.45) is 4.99 Å². The molecule has 23 heavy (non-hydrogen) atoms. The molecule has 6 heteroatoms. The molecule has 1 aromatic carbocycles. The predicted molar refractivity (Wildman–Crippen MR) is 93.4 cm³/mol. The summed E-state index contributed by atoms with van der Waals surface area (Å²) in [6.07, 6.45) is 1.87. The van der Waals surface area contributed by atoms with E-state index in [0.29, 0.717) is 13.2 Å². The van der Waals surface area contributed by atoms with Gasteiger partial charge >= 0.3 is 0 Å². The molecule has 0 saturated heterocycles. The second-order valence-electron chi connectivity index (χ2n) is 4.98. The van der Waals surface area contributed by atoms with Gasteiger partial charge in [-0.25, -0.2) is 0 Å². The Labute approximate surface area is 139 Å². The van der Waals surface area contributed by atoms with Crippen molar-refractivity contribution in [2.75, 3.05) is 54.2 Å². The maximum absolute atomic E-state index is 5.41. The highest BCUT2D eigenvalue weighted by atomic mass is 16.5. The first kappa shape index (κ1) is 19.3. The highest BCUT2D eigenvalue weighted by molar-refractivity contribution is 5.79. The zero-order chi connectivity index (χ0) is 16.8. The Morgan fingerprint density at radius 3 is 2.39 bits per heavy atom. The van der Waals surface area contributed by atoms with Gasteiger partial charge in [-0.1, -0.05) is 12.1 Å². The van der Waals surface area contributed by atoms with E-state index < -0.39 is 0 Å². The molecule has 2 N–H and O–H groups in total. The van der Waals surface area contributed by atoms with Crippen molar-refractivity contribution in [3.05, 3.63) is 29.8 Å². The number of rotatable bonds is 11. The summed E-state index contributed by atoms with van der Waals surface area (Å²) in [7, 11) is 5.12. The van der Waals surface area contributed by atoms with Crippen molar-refractivity contribution in [1.29, 1.82) is 0 Å². The van der Waals surface area contributed by atoms with Crippen LogP contribution in [0.5, 0.6) is 5.75 Å². The van der Waals surface area contributed by atoms with Crippen LogP contribution in [-0.2, 0) is 15.9 Å². The van der Waals surface area contributed by atoms with Gasteiger partial charge in [-0.15, -0.1) is 0 Å². The summed E-state index contributed by atoms with van der Waals surface area (Å²) in [6, 6.07) is 8.11. The van der Waals surface area contributed by atoms with Gasteiger partial charge in [0.05, 0.1) is 20.3 Å². The molecule has 130 valence electrons. The Morgan fingerprint density at radius 1 is 1.00 bits per heavy atom. The summed E-state index contributed by atoms with van der Waals surface area (Å²) in [5, 5.41) is 6.58. The lowest BCUT2D eigenvalue weighted by atomic mass is 10.1. The summed E-state index contributed by atoms with van der Waals surface area (Å²) >= 11 is 0. The number of nitrogens with zero attached hydrogens (tertiary/aromatic N) is 1. The van der Waals surface area contributed by atoms with Crippen LogP contribution in [0.2, 0.25) is 0 Å². The average molecular weight is 323 g/mol. The number of aliphatic imine (C=N–C) groups is 1. The summed E-state index contributed by atoms with van der Waals surface area (Å²) in [5.41, 5.74) is 1.26. The summed E-state index contributed by atoms with van der Waals surface area (Å²) < 4.78 is 15.5. The largest absolute Gasteiger partial charge is 0.497 e. The molecule has 0 aliphatic carbocycles. The number of hydrogen-bond donors (Lipinski definition) is 2. The van der Waals surface area contributed by atoms with E-state index in [1.165, 1.54) is 5.56 Å². The lowest BCUT2D eigenvalue weighted by molar-refractivity contribution is 0.0698. The van der Waals surface area contributed by atoms with Gasteiger partial charge in [-0.3, -0.25) is 4.99 Å². The predicted octanol–water partition coefficient (Wildman–Crippen LogP) is 1.46. The molecule has 0 aromatic heterocycles. The van der Waals surface area contributed by atoms with E-state index in [1.807, 2.05) is 12.1 Å². The van der Waals surface area contributed by atoms with Crippen LogP contribution in [0.4, 0.5) is 0 Å². The molecule has 0 amide bonds. The van der Waals surface area contributed by atoms with Crippen LogP contribution >= 0.6 is 0 Å². The quantitative estimate of drug-likeness (QED) is 0.367. The molecule has 0 heterocycles. The minimum absolute atomic E-state index is 0.641. The Balaban J connectivity index is 2.11. The van der Waals surface area contributed by atoms with Crippen LogP contribution in [-0.4, -0.2) is 60.1 Å². The third-order valence-electron chi connectivity index (χ3n) is 3.28. The van der Waals surface area contributed by atoms with Gasteiger partial charge < -0.3 is 24.8 Å². The number of hydrogen-bond acceptors (Lipinski definition) is 4. The zero-order valence-corrected chi connectivity index (χ0v) is 14.4. The van der Waals surface area contributed by atoms with E-state index in [2.05, 4.69) is 27.8 Å². The molecular weight excluding hydrogens is 294 g/mol. The Morgan fingerprint density at radius 2 is 1.74 bits per heavy atom. The Kier molecular flexibility index (Phi) is 10.7. The van der Waals surface area contributed by atoms with Crippen LogP contribution < -0.4 is 15.4 Å². The third kappa shape index (κ3) is 9.05. The van der Waals surface area contributed by atoms with Crippen molar-refractivity contribution in [2.45, 2.75) is 12.8 Å². The van der Waals surface area contributed by atoms with Gasteiger partial charge in [-0.2, -0.15) is 0 Å². The molecule has 0 fully saturated rings. The van der Waals surface area contributed by atoms with Crippen LogP contribution in [0.3, 0.4) is 0 Å². The molecule has 0 saturated carbocycles. The molecular formula is C17H29N3O3. The SMILES string of the molecule is CN=C(NCCCOCCOC)NCCc1ccc(OC)cc1. The fourth-order valence-electron chi connectivity index (χ4n) is 1.96. The average Bonchev–Trinajstić information content (AvgIpc) is 2.60. The normalized spacial score (nSPS) is 11.3. The highest BCUT2D eigenvalue weighted by Crippen LogP contribution is 2.11. The van der Waals surface area contributed by atoms with Crippen molar-refractivity contribution >= 4 is 5.96 Å². The van der Waals surface area contributed by atoms with E-state index in [-0.39, 0.29) is 0 Å². The van der Waals surface area contributed by atoms with Crippen molar-refractivity contribution < 1.29 is 14.2 Å². The van der Waals surface area contributed by atoms with Crippen LogP contribution in [0, 0.1) is 0 Å². The summed E-state index contributed by atoms with van der Waals surface area (Å²) in [4.78, 5) is 4.21. The lowest BCUT2D eigenvalue weighted by Gasteiger charge is -2.12. The molecule has 6 nitrogen and oxygen atoms in total. The fourth-order valence-corrected chi connectivity index (χ4v) is 1.96. The van der Waals surface area contributed by atoms with Gasteiger partial charge in [0.25, 0.3) is 0 Å². The van der Waals surface area contributed by atoms with Gasteiger partial charge in [0.1, 0.15) is 5.75 Å². The molecule has 0 radical (unpaired) electrons. The van der Waals surface area contributed by atoms with Crippen LogP contribution in [0.25, 0.3) is 0 Å². The number of ether oxygens (including phenoxy) is 3. The lowest BCUT2D eigenvalue weighted by Crippen LogP contribution is -2.39. The zero-order valence-electron chi connectivity index (χ0n) is 14.4. The van der Waals surface area contributed by atoms with Crippen molar-refractivity contribution in [1.82, 2.24) is 10.6 Å². The summed E-state index contributed by atoms with van der Waals surface area (Å²) in [5.74, 6) is 1.70. The first-order chi connectivity index (χ1) is 11.3. The monoisotopic (exact) mass is 323 g/mol. The van der Waals surface area contributed by atoms with Crippen molar-refractivity contribution in [3.63, 3.8) is 0 Å². The van der Waals surface area contributed by atoms with E-state index in [4.69, 9.17) is 14.2 Å². The topological polar surface area (TPSA) is 64.1 Å². The molecule has 0 unspecified atom stereocenters. The second kappa shape index (κ2) is 12.7. The molecule has 0 aliphatic rings. The Bertz CT molecular complexity index is 435. The van der Waals surface area contributed by atoms with Crippen molar-refractivity contribution in [3.8, 4) is 5.75 Å². The minimum Gasteiger partial charge on any atom is -0.497 e. The number of nitrogens with one attached hydrogen (secondary N) is 2. The third-order valence-corrected chi connectivity index (χ3v) is 3.28. The van der Waals surface area contributed by atoms with E-state index in [1.54, 1.807) is 21.3 Å². The first-order valence-electron chi connectivity index (χ1n) is 7.94. The van der Waals surface area contributed by atoms with E-state index >= 15 is 0 Å². The molecule has 1 aromatic rings. The molecule has 0 atom stereocenters. The molecule has 1 rings (SSSR count). The second-order valence-corrected chi connectivity index (χ2v) is 4.98. The van der Waals surface area contributed by atoms with E-state index in [9.17, 15) is 0 Å². The van der Waals surface area contributed by atoms with E-state index in [0.717, 1.165) is 44.2 Å². The molecule has 0 bridgehead atoms. The van der Waals surface area contributed by atoms with Gasteiger partial charge in [-0.05, 0) is 30.5 Å².